The fourth-order valence-corrected chi connectivity index (χ4v) is 2.51. The third kappa shape index (κ3) is 2.23. The Bertz CT molecular complexity index is 494. The van der Waals surface area contributed by atoms with Crippen LogP contribution in [-0.4, -0.2) is 12.1 Å². The zero-order valence-corrected chi connectivity index (χ0v) is 10.9. The van der Waals surface area contributed by atoms with Crippen LogP contribution in [-0.2, 0) is 5.75 Å². The average Bonchev–Trinajstić information content (AvgIpc) is 2.77. The van der Waals surface area contributed by atoms with Crippen LogP contribution in [0.3, 0.4) is 0 Å². The molecule has 0 saturated heterocycles. The van der Waals surface area contributed by atoms with Crippen LogP contribution in [0, 0.1) is 6.92 Å². The molecule has 0 bridgehead atoms. The van der Waals surface area contributed by atoms with Gasteiger partial charge in [0.05, 0.1) is 12.8 Å². The van der Waals surface area contributed by atoms with Gasteiger partial charge in [0.1, 0.15) is 10.8 Å². The molecule has 0 N–H and O–H groups in total. The van der Waals surface area contributed by atoms with E-state index in [4.69, 9.17) is 4.74 Å². The first-order chi connectivity index (χ1) is 7.74. The molecule has 0 radical (unpaired) electrons. The molecule has 0 amide bonds. The van der Waals surface area contributed by atoms with Gasteiger partial charge in [-0.3, -0.25) is 0 Å². The number of hydrogen-bond acceptors (Lipinski definition) is 4. The van der Waals surface area contributed by atoms with E-state index in [9.17, 15) is 0 Å². The Morgan fingerprint density at radius 3 is 2.81 bits per heavy atom. The van der Waals surface area contributed by atoms with Gasteiger partial charge in [-0.2, -0.15) is 12.6 Å². The summed E-state index contributed by atoms with van der Waals surface area (Å²) in [6.07, 6.45) is 0. The van der Waals surface area contributed by atoms with Gasteiger partial charge in [0, 0.05) is 16.7 Å². The molecule has 0 atom stereocenters. The van der Waals surface area contributed by atoms with Gasteiger partial charge in [0.2, 0.25) is 0 Å². The summed E-state index contributed by atoms with van der Waals surface area (Å²) in [7, 11) is 1.68. The molecular weight excluding hydrogens is 238 g/mol. The maximum absolute atomic E-state index is 5.23. The highest BCUT2D eigenvalue weighted by Crippen LogP contribution is 2.27. The molecule has 1 aromatic heterocycles. The molecule has 0 fully saturated rings. The Morgan fingerprint density at radius 2 is 2.25 bits per heavy atom. The first-order valence-electron chi connectivity index (χ1n) is 4.95. The van der Waals surface area contributed by atoms with Crippen LogP contribution in [0.2, 0.25) is 0 Å². The minimum atomic E-state index is 0.694. The number of nitrogens with zero attached hydrogens (tertiary/aromatic N) is 1. The van der Waals surface area contributed by atoms with E-state index < -0.39 is 0 Å². The lowest BCUT2D eigenvalue weighted by molar-refractivity contribution is 0.412. The number of ether oxygens (including phenoxy) is 1. The fraction of sp³-hybridized carbons (Fsp3) is 0.250. The van der Waals surface area contributed by atoms with Crippen molar-refractivity contribution in [2.75, 3.05) is 7.11 Å². The van der Waals surface area contributed by atoms with Crippen LogP contribution in [0.4, 0.5) is 0 Å². The van der Waals surface area contributed by atoms with Crippen molar-refractivity contribution in [2.45, 2.75) is 12.7 Å². The van der Waals surface area contributed by atoms with Crippen LogP contribution in [0.25, 0.3) is 11.3 Å². The Labute approximate surface area is 105 Å². The van der Waals surface area contributed by atoms with Crippen molar-refractivity contribution in [2.24, 2.45) is 0 Å². The lowest BCUT2D eigenvalue weighted by Gasteiger charge is -2.05. The summed E-state index contributed by atoms with van der Waals surface area (Å²) in [5.41, 5.74) is 3.27. The summed E-state index contributed by atoms with van der Waals surface area (Å²) in [5, 5.41) is 3.11. The fourth-order valence-electron chi connectivity index (χ4n) is 1.55. The van der Waals surface area contributed by atoms with E-state index in [1.165, 1.54) is 0 Å². The van der Waals surface area contributed by atoms with E-state index in [0.29, 0.717) is 5.75 Å². The maximum atomic E-state index is 5.23. The maximum Gasteiger partial charge on any atom is 0.121 e. The molecule has 16 heavy (non-hydrogen) atoms. The van der Waals surface area contributed by atoms with Crippen molar-refractivity contribution in [3.8, 4) is 17.0 Å². The van der Waals surface area contributed by atoms with Crippen LogP contribution in [0.15, 0.2) is 23.6 Å². The van der Waals surface area contributed by atoms with E-state index in [1.54, 1.807) is 18.4 Å². The summed E-state index contributed by atoms with van der Waals surface area (Å²) >= 11 is 5.86. The summed E-state index contributed by atoms with van der Waals surface area (Å²) in [5.74, 6) is 1.60. The first kappa shape index (κ1) is 11.5. The minimum absolute atomic E-state index is 0.694. The predicted molar refractivity (Wildman–Crippen MR) is 71.5 cm³/mol. The van der Waals surface area contributed by atoms with Crippen LogP contribution in [0.5, 0.6) is 5.75 Å². The van der Waals surface area contributed by atoms with Gasteiger partial charge in [0.15, 0.2) is 0 Å². The second-order valence-corrected chi connectivity index (χ2v) is 4.73. The summed E-state index contributed by atoms with van der Waals surface area (Å²) in [4.78, 5) is 4.50. The zero-order chi connectivity index (χ0) is 11.5. The Hall–Kier alpha value is -1.00. The molecular formula is C12H13NOS2. The lowest BCUT2D eigenvalue weighted by Crippen LogP contribution is -1.88. The average molecular weight is 251 g/mol. The molecule has 84 valence electrons. The SMILES string of the molecule is COc1ccc(-c2csc(CS)n2)cc1C. The first-order valence-corrected chi connectivity index (χ1v) is 6.46. The van der Waals surface area contributed by atoms with Gasteiger partial charge in [-0.1, -0.05) is 0 Å². The van der Waals surface area contributed by atoms with E-state index in [-0.39, 0.29) is 0 Å². The predicted octanol–water partition coefficient (Wildman–Crippen LogP) is 3.56. The molecule has 0 spiro atoms. The summed E-state index contributed by atoms with van der Waals surface area (Å²) in [6.45, 7) is 2.04. The van der Waals surface area contributed by atoms with Crippen molar-refractivity contribution < 1.29 is 4.74 Å². The molecule has 2 aromatic rings. The molecule has 0 aliphatic heterocycles. The number of thiazole rings is 1. The number of thiol groups is 1. The number of methoxy groups -OCH3 is 1. The smallest absolute Gasteiger partial charge is 0.121 e. The summed E-state index contributed by atoms with van der Waals surface area (Å²) in [6, 6.07) is 6.10. The summed E-state index contributed by atoms with van der Waals surface area (Å²) < 4.78 is 5.23. The van der Waals surface area contributed by atoms with Crippen LogP contribution < -0.4 is 4.74 Å². The van der Waals surface area contributed by atoms with Gasteiger partial charge < -0.3 is 4.74 Å². The highest BCUT2D eigenvalue weighted by atomic mass is 32.1. The monoisotopic (exact) mass is 251 g/mol. The molecule has 1 heterocycles. The number of aryl methyl sites for hydroxylation is 1. The number of aromatic nitrogens is 1. The van der Waals surface area contributed by atoms with Crippen LogP contribution >= 0.6 is 24.0 Å². The van der Waals surface area contributed by atoms with Crippen molar-refractivity contribution in [3.05, 3.63) is 34.2 Å². The largest absolute Gasteiger partial charge is 0.496 e. The normalized spacial score (nSPS) is 10.4. The highest BCUT2D eigenvalue weighted by molar-refractivity contribution is 7.79. The van der Waals surface area contributed by atoms with Crippen molar-refractivity contribution in [3.63, 3.8) is 0 Å². The van der Waals surface area contributed by atoms with Gasteiger partial charge in [-0.05, 0) is 30.7 Å². The van der Waals surface area contributed by atoms with Crippen molar-refractivity contribution in [1.82, 2.24) is 4.98 Å². The highest BCUT2D eigenvalue weighted by Gasteiger charge is 2.05. The standard InChI is InChI=1S/C12H13NOS2/c1-8-5-9(3-4-11(8)14-2)10-7-16-12(6-15)13-10/h3-5,7,15H,6H2,1-2H3. The number of hydrogen-bond donors (Lipinski definition) is 1. The molecule has 0 aliphatic rings. The van der Waals surface area contributed by atoms with Gasteiger partial charge in [-0.15, -0.1) is 11.3 Å². The number of benzene rings is 1. The molecule has 0 saturated carbocycles. The van der Waals surface area contributed by atoms with Gasteiger partial charge in [-0.25, -0.2) is 4.98 Å². The van der Waals surface area contributed by atoms with E-state index in [1.807, 2.05) is 19.1 Å². The van der Waals surface area contributed by atoms with E-state index in [0.717, 1.165) is 27.6 Å². The molecule has 4 heteroatoms. The quantitative estimate of drug-likeness (QED) is 0.843. The van der Waals surface area contributed by atoms with Gasteiger partial charge >= 0.3 is 0 Å². The Morgan fingerprint density at radius 1 is 1.44 bits per heavy atom. The minimum Gasteiger partial charge on any atom is -0.496 e. The number of rotatable bonds is 3. The second-order valence-electron chi connectivity index (χ2n) is 3.47. The van der Waals surface area contributed by atoms with Crippen molar-refractivity contribution in [1.29, 1.82) is 0 Å². The molecule has 0 unspecified atom stereocenters. The van der Waals surface area contributed by atoms with Crippen molar-refractivity contribution >= 4 is 24.0 Å². The van der Waals surface area contributed by atoms with E-state index >= 15 is 0 Å². The molecule has 1 aromatic carbocycles. The van der Waals surface area contributed by atoms with Crippen LogP contribution in [0.1, 0.15) is 10.6 Å². The van der Waals surface area contributed by atoms with Gasteiger partial charge in [0.25, 0.3) is 0 Å². The zero-order valence-electron chi connectivity index (χ0n) is 9.23. The molecule has 0 aliphatic carbocycles. The third-order valence-corrected chi connectivity index (χ3v) is 3.74. The van der Waals surface area contributed by atoms with E-state index in [2.05, 4.69) is 29.1 Å². The second kappa shape index (κ2) is 4.89. The lowest BCUT2D eigenvalue weighted by atomic mass is 10.1. The molecule has 2 rings (SSSR count). The Kier molecular flexibility index (Phi) is 3.51. The third-order valence-electron chi connectivity index (χ3n) is 2.38. The topological polar surface area (TPSA) is 22.1 Å². The molecule has 2 nitrogen and oxygen atoms in total. The Balaban J connectivity index is 2.37.